The van der Waals surface area contributed by atoms with Crippen LogP contribution in [0.1, 0.15) is 10.4 Å². The molecule has 4 nitrogen and oxygen atoms in total. The molecule has 26 heavy (non-hydrogen) atoms. The molecule has 0 aliphatic carbocycles. The number of halogens is 4. The number of carbonyl (C=O) groups excluding carboxylic acids is 1. The Hall–Kier alpha value is -3.06. The molecule has 0 unspecified atom stereocenters. The molecule has 0 aliphatic heterocycles. The second-order valence-electron chi connectivity index (χ2n) is 5.24. The SMILES string of the molecule is O=C(Nc1c(F)cccc1F)c1ccc(Nc2ccc(F)c(Cl)c2)nc1. The van der Waals surface area contributed by atoms with Gasteiger partial charge in [-0.05, 0) is 42.5 Å². The molecule has 2 aromatic carbocycles. The van der Waals surface area contributed by atoms with Crippen LogP contribution in [0.3, 0.4) is 0 Å². The van der Waals surface area contributed by atoms with E-state index in [9.17, 15) is 18.0 Å². The molecular formula is C18H11ClF3N3O. The van der Waals surface area contributed by atoms with Gasteiger partial charge in [0.05, 0.1) is 10.6 Å². The number of nitrogens with zero attached hydrogens (tertiary/aromatic N) is 1. The van der Waals surface area contributed by atoms with Crippen molar-refractivity contribution in [2.45, 2.75) is 0 Å². The minimum absolute atomic E-state index is 0.0436. The van der Waals surface area contributed by atoms with Crippen molar-refractivity contribution in [3.05, 3.63) is 82.8 Å². The van der Waals surface area contributed by atoms with Crippen LogP contribution in [0.5, 0.6) is 0 Å². The zero-order valence-corrected chi connectivity index (χ0v) is 13.8. The first-order valence-corrected chi connectivity index (χ1v) is 7.75. The second-order valence-corrected chi connectivity index (χ2v) is 5.64. The van der Waals surface area contributed by atoms with Crippen LogP contribution in [-0.2, 0) is 0 Å². The topological polar surface area (TPSA) is 54.0 Å². The van der Waals surface area contributed by atoms with Crippen molar-refractivity contribution >= 4 is 34.7 Å². The Balaban J connectivity index is 1.72. The highest BCUT2D eigenvalue weighted by molar-refractivity contribution is 6.31. The highest BCUT2D eigenvalue weighted by Gasteiger charge is 2.13. The van der Waals surface area contributed by atoms with E-state index in [1.807, 2.05) is 0 Å². The van der Waals surface area contributed by atoms with E-state index in [-0.39, 0.29) is 10.6 Å². The maximum atomic E-state index is 13.6. The number of pyridine rings is 1. The Bertz CT molecular complexity index is 944. The fourth-order valence-corrected chi connectivity index (χ4v) is 2.31. The molecule has 0 fully saturated rings. The number of hydrogen-bond acceptors (Lipinski definition) is 3. The number of amides is 1. The molecule has 0 radical (unpaired) electrons. The molecule has 0 bridgehead atoms. The van der Waals surface area contributed by atoms with Crippen LogP contribution in [0.15, 0.2) is 54.7 Å². The van der Waals surface area contributed by atoms with Crippen molar-refractivity contribution in [2.75, 3.05) is 10.6 Å². The molecule has 132 valence electrons. The third-order valence-corrected chi connectivity index (χ3v) is 3.71. The van der Waals surface area contributed by atoms with Gasteiger partial charge in [-0.25, -0.2) is 18.2 Å². The Kier molecular flexibility index (Phi) is 5.09. The lowest BCUT2D eigenvalue weighted by atomic mass is 10.2. The number of aromatic nitrogens is 1. The van der Waals surface area contributed by atoms with E-state index in [0.717, 1.165) is 12.1 Å². The Morgan fingerprint density at radius 1 is 0.962 bits per heavy atom. The van der Waals surface area contributed by atoms with Gasteiger partial charge in [0.1, 0.15) is 29.0 Å². The molecule has 0 spiro atoms. The van der Waals surface area contributed by atoms with Gasteiger partial charge in [-0.2, -0.15) is 0 Å². The molecule has 1 aromatic heterocycles. The maximum absolute atomic E-state index is 13.6. The molecule has 2 N–H and O–H groups in total. The van der Waals surface area contributed by atoms with Crippen molar-refractivity contribution in [1.29, 1.82) is 0 Å². The van der Waals surface area contributed by atoms with Gasteiger partial charge in [0.15, 0.2) is 0 Å². The molecular weight excluding hydrogens is 367 g/mol. The van der Waals surface area contributed by atoms with E-state index >= 15 is 0 Å². The van der Waals surface area contributed by atoms with Gasteiger partial charge >= 0.3 is 0 Å². The summed E-state index contributed by atoms with van der Waals surface area (Å²) in [6.07, 6.45) is 1.24. The summed E-state index contributed by atoms with van der Waals surface area (Å²) in [6, 6.07) is 10.3. The summed E-state index contributed by atoms with van der Waals surface area (Å²) in [5, 5.41) is 5.02. The minimum Gasteiger partial charge on any atom is -0.340 e. The largest absolute Gasteiger partial charge is 0.340 e. The van der Waals surface area contributed by atoms with Crippen LogP contribution in [0.2, 0.25) is 5.02 Å². The second kappa shape index (κ2) is 7.45. The first-order valence-electron chi connectivity index (χ1n) is 7.37. The van der Waals surface area contributed by atoms with E-state index in [4.69, 9.17) is 11.6 Å². The van der Waals surface area contributed by atoms with E-state index in [0.29, 0.717) is 11.5 Å². The summed E-state index contributed by atoms with van der Waals surface area (Å²) in [6.45, 7) is 0. The third-order valence-electron chi connectivity index (χ3n) is 3.42. The lowest BCUT2D eigenvalue weighted by molar-refractivity contribution is 0.102. The van der Waals surface area contributed by atoms with Gasteiger partial charge in [-0.15, -0.1) is 0 Å². The van der Waals surface area contributed by atoms with Crippen molar-refractivity contribution in [3.63, 3.8) is 0 Å². The van der Waals surface area contributed by atoms with Crippen molar-refractivity contribution in [3.8, 4) is 0 Å². The van der Waals surface area contributed by atoms with Crippen LogP contribution in [0, 0.1) is 17.5 Å². The minimum atomic E-state index is -0.877. The lowest BCUT2D eigenvalue weighted by Crippen LogP contribution is -2.14. The number of nitrogens with one attached hydrogen (secondary N) is 2. The first-order chi connectivity index (χ1) is 12.4. The van der Waals surface area contributed by atoms with Gasteiger partial charge in [-0.1, -0.05) is 17.7 Å². The molecule has 0 saturated heterocycles. The van der Waals surface area contributed by atoms with Crippen LogP contribution in [0.4, 0.5) is 30.4 Å². The number of benzene rings is 2. The predicted molar refractivity (Wildman–Crippen MR) is 93.2 cm³/mol. The van der Waals surface area contributed by atoms with Crippen LogP contribution in [-0.4, -0.2) is 10.9 Å². The normalized spacial score (nSPS) is 10.5. The summed E-state index contributed by atoms with van der Waals surface area (Å²) in [4.78, 5) is 16.1. The van der Waals surface area contributed by atoms with Gasteiger partial charge < -0.3 is 10.6 Å². The summed E-state index contributed by atoms with van der Waals surface area (Å²) in [7, 11) is 0. The quantitative estimate of drug-likeness (QED) is 0.661. The van der Waals surface area contributed by atoms with Crippen LogP contribution < -0.4 is 10.6 Å². The molecule has 0 aliphatic rings. The van der Waals surface area contributed by atoms with E-state index in [1.54, 1.807) is 0 Å². The monoisotopic (exact) mass is 377 g/mol. The highest BCUT2D eigenvalue weighted by Crippen LogP contribution is 2.22. The number of rotatable bonds is 4. The van der Waals surface area contributed by atoms with Crippen molar-refractivity contribution < 1.29 is 18.0 Å². The molecule has 1 amide bonds. The molecule has 0 saturated carbocycles. The zero-order valence-electron chi connectivity index (χ0n) is 13.1. The Morgan fingerprint density at radius 2 is 1.69 bits per heavy atom. The number of para-hydroxylation sites is 1. The molecule has 8 heteroatoms. The summed E-state index contributed by atoms with van der Waals surface area (Å²) in [5.74, 6) is -2.63. The molecule has 1 heterocycles. The lowest BCUT2D eigenvalue weighted by Gasteiger charge is -2.09. The average Bonchev–Trinajstić information content (AvgIpc) is 2.62. The summed E-state index contributed by atoms with van der Waals surface area (Å²) >= 11 is 5.70. The summed E-state index contributed by atoms with van der Waals surface area (Å²) < 4.78 is 40.3. The first kappa shape index (κ1) is 17.8. The van der Waals surface area contributed by atoms with Crippen molar-refractivity contribution in [1.82, 2.24) is 4.98 Å². The Labute approximate surface area is 151 Å². The fourth-order valence-electron chi connectivity index (χ4n) is 2.13. The van der Waals surface area contributed by atoms with E-state index in [1.165, 1.54) is 42.6 Å². The number of carbonyl (C=O) groups is 1. The van der Waals surface area contributed by atoms with Crippen molar-refractivity contribution in [2.24, 2.45) is 0 Å². The van der Waals surface area contributed by atoms with Gasteiger partial charge in [0.25, 0.3) is 5.91 Å². The molecule has 0 atom stereocenters. The van der Waals surface area contributed by atoms with Gasteiger partial charge in [0.2, 0.25) is 0 Å². The number of anilines is 3. The zero-order chi connectivity index (χ0) is 18.7. The molecule has 3 rings (SSSR count). The Morgan fingerprint density at radius 3 is 2.31 bits per heavy atom. The number of hydrogen-bond donors (Lipinski definition) is 2. The van der Waals surface area contributed by atoms with E-state index < -0.39 is 29.0 Å². The predicted octanol–water partition coefficient (Wildman–Crippen LogP) is 5.15. The smallest absolute Gasteiger partial charge is 0.257 e. The van der Waals surface area contributed by atoms with E-state index in [2.05, 4.69) is 15.6 Å². The third kappa shape index (κ3) is 3.94. The van der Waals surface area contributed by atoms with Crippen LogP contribution in [0.25, 0.3) is 0 Å². The fraction of sp³-hybridized carbons (Fsp3) is 0. The van der Waals surface area contributed by atoms with Gasteiger partial charge in [-0.3, -0.25) is 4.79 Å². The summed E-state index contributed by atoms with van der Waals surface area (Å²) in [5.41, 5.74) is 0.0885. The molecule has 3 aromatic rings. The highest BCUT2D eigenvalue weighted by atomic mass is 35.5. The maximum Gasteiger partial charge on any atom is 0.257 e. The standard InChI is InChI=1S/C18H11ClF3N3O/c19-12-8-11(5-6-13(12)20)24-16-7-4-10(9-23-16)18(26)25-17-14(21)2-1-3-15(17)22/h1-9H,(H,23,24)(H,25,26). The van der Waals surface area contributed by atoms with Crippen LogP contribution >= 0.6 is 11.6 Å². The van der Waals surface area contributed by atoms with Gasteiger partial charge in [0, 0.05) is 11.9 Å². The average molecular weight is 378 g/mol.